The first-order chi connectivity index (χ1) is 19.1. The zero-order valence-corrected chi connectivity index (χ0v) is 21.5. The van der Waals surface area contributed by atoms with Gasteiger partial charge in [-0.3, -0.25) is 4.79 Å². The Morgan fingerprint density at radius 3 is 2.70 bits per heavy atom. The van der Waals surface area contributed by atoms with Crippen LogP contribution in [0.25, 0.3) is 0 Å². The van der Waals surface area contributed by atoms with Gasteiger partial charge in [0.1, 0.15) is 17.2 Å². The number of aliphatic hydroxyl groups is 1. The number of aromatic nitrogens is 3. The highest BCUT2D eigenvalue weighted by Gasteiger charge is 2.59. The van der Waals surface area contributed by atoms with E-state index in [0.29, 0.717) is 5.56 Å². The number of carbonyl (C=O) groups excluding carboxylic acids is 1. The maximum atomic E-state index is 13.7. The summed E-state index contributed by atoms with van der Waals surface area (Å²) in [4.78, 5) is 25.7. The second kappa shape index (κ2) is 9.56. The van der Waals surface area contributed by atoms with Crippen molar-refractivity contribution in [2.75, 3.05) is 23.7 Å². The minimum Gasteiger partial charge on any atom is -0.375 e. The van der Waals surface area contributed by atoms with Gasteiger partial charge in [0.15, 0.2) is 0 Å². The fourth-order valence-electron chi connectivity index (χ4n) is 5.51. The van der Waals surface area contributed by atoms with E-state index in [1.54, 1.807) is 0 Å². The molecule has 1 amide bonds. The van der Waals surface area contributed by atoms with Gasteiger partial charge in [0, 0.05) is 36.9 Å². The zero-order chi connectivity index (χ0) is 28.1. The third kappa shape index (κ3) is 4.56. The molecule has 1 saturated carbocycles. The van der Waals surface area contributed by atoms with Crippen LogP contribution in [-0.4, -0.2) is 45.2 Å². The van der Waals surface area contributed by atoms with Gasteiger partial charge in [0.25, 0.3) is 5.91 Å². The van der Waals surface area contributed by atoms with Crippen molar-refractivity contribution < 1.29 is 23.1 Å². The van der Waals surface area contributed by atoms with Crippen molar-refractivity contribution in [3.63, 3.8) is 0 Å². The first kappa shape index (κ1) is 26.2. The SMILES string of the molecule is C=CCNC(=O)c1cnc(Nc2ccc3c(c2)CNCC32CC2)nc1Nc1ccc2c(n1)C(O)(C(F)(F)F)CC2. The van der Waals surface area contributed by atoms with Gasteiger partial charge >= 0.3 is 6.18 Å². The van der Waals surface area contributed by atoms with Crippen LogP contribution in [0, 0.1) is 0 Å². The quantitative estimate of drug-likeness (QED) is 0.278. The van der Waals surface area contributed by atoms with E-state index in [4.69, 9.17) is 0 Å². The number of pyridine rings is 1. The number of halogens is 3. The van der Waals surface area contributed by atoms with Crippen molar-refractivity contribution in [2.24, 2.45) is 0 Å². The van der Waals surface area contributed by atoms with Crippen molar-refractivity contribution in [1.82, 2.24) is 25.6 Å². The predicted molar refractivity (Wildman–Crippen MR) is 143 cm³/mol. The van der Waals surface area contributed by atoms with E-state index in [2.05, 4.69) is 48.9 Å². The smallest absolute Gasteiger partial charge is 0.375 e. The lowest BCUT2D eigenvalue weighted by atomic mass is 9.88. The van der Waals surface area contributed by atoms with Gasteiger partial charge in [-0.15, -0.1) is 6.58 Å². The monoisotopic (exact) mass is 551 g/mol. The third-order valence-corrected chi connectivity index (χ3v) is 7.85. The summed E-state index contributed by atoms with van der Waals surface area (Å²) in [6.07, 6.45) is -0.152. The summed E-state index contributed by atoms with van der Waals surface area (Å²) in [5.41, 5.74) is 0.442. The number of rotatable bonds is 7. The van der Waals surface area contributed by atoms with Gasteiger partial charge < -0.3 is 26.4 Å². The molecule has 0 bridgehead atoms. The summed E-state index contributed by atoms with van der Waals surface area (Å²) in [5, 5.41) is 22.6. The fraction of sp³-hybridized carbons (Fsp3) is 0.357. The van der Waals surface area contributed by atoms with Gasteiger partial charge in [-0.2, -0.15) is 18.2 Å². The van der Waals surface area contributed by atoms with E-state index < -0.39 is 29.8 Å². The molecule has 40 heavy (non-hydrogen) atoms. The largest absolute Gasteiger partial charge is 0.423 e. The maximum Gasteiger partial charge on any atom is 0.423 e. The molecule has 9 nitrogen and oxygen atoms in total. The Kier molecular flexibility index (Phi) is 6.26. The molecule has 3 heterocycles. The molecule has 12 heteroatoms. The molecule has 1 aromatic carbocycles. The van der Waals surface area contributed by atoms with E-state index in [-0.39, 0.29) is 41.5 Å². The van der Waals surface area contributed by atoms with Crippen molar-refractivity contribution >= 4 is 29.2 Å². The molecule has 1 spiro atoms. The Balaban J connectivity index is 1.31. The molecule has 1 unspecified atom stereocenters. The maximum absolute atomic E-state index is 13.7. The summed E-state index contributed by atoms with van der Waals surface area (Å²) < 4.78 is 41.0. The molecular formula is C28H28F3N7O2. The molecule has 1 fully saturated rings. The topological polar surface area (TPSA) is 124 Å². The number of aryl methyl sites for hydroxylation is 1. The Labute approximate surface area is 228 Å². The lowest BCUT2D eigenvalue weighted by molar-refractivity contribution is -0.266. The number of fused-ring (bicyclic) bond motifs is 3. The molecule has 1 aliphatic heterocycles. The van der Waals surface area contributed by atoms with Crippen LogP contribution in [0.15, 0.2) is 49.2 Å². The first-order valence-electron chi connectivity index (χ1n) is 13.1. The molecule has 2 aromatic heterocycles. The third-order valence-electron chi connectivity index (χ3n) is 7.85. The summed E-state index contributed by atoms with van der Waals surface area (Å²) in [6, 6.07) is 9.11. The molecule has 208 valence electrons. The zero-order valence-electron chi connectivity index (χ0n) is 21.5. The molecule has 3 aromatic rings. The van der Waals surface area contributed by atoms with E-state index in [1.807, 2.05) is 12.1 Å². The van der Waals surface area contributed by atoms with Crippen molar-refractivity contribution in [1.29, 1.82) is 0 Å². The molecule has 0 radical (unpaired) electrons. The number of carbonyl (C=O) groups is 1. The van der Waals surface area contributed by atoms with Crippen LogP contribution < -0.4 is 21.3 Å². The number of benzene rings is 1. The summed E-state index contributed by atoms with van der Waals surface area (Å²) in [7, 11) is 0. The van der Waals surface area contributed by atoms with Crippen LogP contribution in [0.5, 0.6) is 0 Å². The van der Waals surface area contributed by atoms with Crippen LogP contribution in [0.4, 0.5) is 36.4 Å². The minimum atomic E-state index is -4.88. The van der Waals surface area contributed by atoms with Crippen molar-refractivity contribution in [2.45, 2.75) is 49.4 Å². The normalized spacial score (nSPS) is 20.4. The lowest BCUT2D eigenvalue weighted by Gasteiger charge is -2.26. The predicted octanol–water partition coefficient (Wildman–Crippen LogP) is 4.11. The molecule has 3 aliphatic rings. The Hall–Kier alpha value is -4.03. The van der Waals surface area contributed by atoms with Crippen LogP contribution in [0.2, 0.25) is 0 Å². The highest BCUT2D eigenvalue weighted by Crippen LogP contribution is 2.51. The molecule has 2 aliphatic carbocycles. The number of hydrogen-bond donors (Lipinski definition) is 5. The summed E-state index contributed by atoms with van der Waals surface area (Å²) >= 11 is 0. The number of hydrogen-bond acceptors (Lipinski definition) is 8. The average Bonchev–Trinajstić information content (AvgIpc) is 3.61. The number of nitrogens with zero attached hydrogens (tertiary/aromatic N) is 3. The molecule has 6 rings (SSSR count). The van der Waals surface area contributed by atoms with E-state index in [0.717, 1.165) is 18.8 Å². The summed E-state index contributed by atoms with van der Waals surface area (Å²) in [6.45, 7) is 5.52. The first-order valence-corrected chi connectivity index (χ1v) is 13.1. The van der Waals surface area contributed by atoms with Crippen molar-refractivity contribution in [3.8, 4) is 0 Å². The second-order valence-electron chi connectivity index (χ2n) is 10.5. The van der Waals surface area contributed by atoms with Gasteiger partial charge in [-0.05, 0) is 60.6 Å². The number of alkyl halides is 3. The van der Waals surface area contributed by atoms with Crippen LogP contribution in [0.1, 0.15) is 52.0 Å². The minimum absolute atomic E-state index is 0.000308. The molecular weight excluding hydrogens is 523 g/mol. The van der Waals surface area contributed by atoms with Gasteiger partial charge in [0.2, 0.25) is 11.5 Å². The lowest BCUT2D eigenvalue weighted by Crippen LogP contribution is -2.40. The van der Waals surface area contributed by atoms with Gasteiger partial charge in [0.05, 0.1) is 5.69 Å². The fourth-order valence-corrected chi connectivity index (χ4v) is 5.51. The Morgan fingerprint density at radius 2 is 1.95 bits per heavy atom. The molecule has 1 atom stereocenters. The van der Waals surface area contributed by atoms with Gasteiger partial charge in [-0.25, -0.2) is 9.97 Å². The van der Waals surface area contributed by atoms with Crippen LogP contribution >= 0.6 is 0 Å². The van der Waals surface area contributed by atoms with E-state index >= 15 is 0 Å². The standard InChI is InChI=1S/C28H28F3N7O2/c1-2-11-33-24(39)19-14-34-25(35-18-4-5-20-17(12-18)13-32-15-26(20)9-10-26)38-23(19)37-21-6-3-16-7-8-27(40,22(16)36-21)28(29,30)31/h2-6,12,14,32,40H,1,7-11,13,15H2,(H,33,39)(H2,34,35,36,37,38). The number of nitrogens with one attached hydrogen (secondary N) is 4. The van der Waals surface area contributed by atoms with Crippen LogP contribution in [-0.2, 0) is 24.0 Å². The number of amides is 1. The highest BCUT2D eigenvalue weighted by molar-refractivity contribution is 5.99. The number of anilines is 4. The average molecular weight is 552 g/mol. The summed E-state index contributed by atoms with van der Waals surface area (Å²) in [5.74, 6) is -0.283. The second-order valence-corrected chi connectivity index (χ2v) is 10.5. The molecule has 0 saturated heterocycles. The molecule has 5 N–H and O–H groups in total. The Bertz CT molecular complexity index is 1510. The van der Waals surface area contributed by atoms with E-state index in [9.17, 15) is 23.1 Å². The Morgan fingerprint density at radius 1 is 1.12 bits per heavy atom. The van der Waals surface area contributed by atoms with E-state index in [1.165, 1.54) is 48.4 Å². The highest BCUT2D eigenvalue weighted by atomic mass is 19.4. The van der Waals surface area contributed by atoms with Gasteiger partial charge in [-0.1, -0.05) is 18.2 Å². The van der Waals surface area contributed by atoms with Crippen molar-refractivity contribution in [3.05, 3.63) is 77.1 Å². The van der Waals surface area contributed by atoms with Crippen LogP contribution in [0.3, 0.4) is 0 Å².